The fourth-order valence-electron chi connectivity index (χ4n) is 2.56. The van der Waals surface area contributed by atoms with Gasteiger partial charge in [-0.3, -0.25) is 0 Å². The minimum absolute atomic E-state index is 0. The van der Waals surface area contributed by atoms with Gasteiger partial charge in [0.05, 0.1) is 0 Å². The van der Waals surface area contributed by atoms with E-state index in [4.69, 9.17) is 0 Å². The summed E-state index contributed by atoms with van der Waals surface area (Å²) in [5.74, 6) is 0. The predicted octanol–water partition coefficient (Wildman–Crippen LogP) is -2.34. The van der Waals surface area contributed by atoms with Crippen LogP contribution in [-0.4, -0.2) is 23.1 Å². The Labute approximate surface area is 143 Å². The number of fused-ring (bicyclic) bond motifs is 1. The molecule has 0 aromatic heterocycles. The minimum atomic E-state index is 0. The first kappa shape index (κ1) is 20.3. The second kappa shape index (κ2) is 6.92. The van der Waals surface area contributed by atoms with E-state index in [0.717, 1.165) is 0 Å². The smallest absolute Gasteiger partial charge is 1.00 e. The van der Waals surface area contributed by atoms with Gasteiger partial charge in [0.25, 0.3) is 0 Å². The molecule has 1 aromatic carbocycles. The Morgan fingerprint density at radius 2 is 1.06 bits per heavy atom. The molecule has 2 rings (SSSR count). The summed E-state index contributed by atoms with van der Waals surface area (Å²) < 4.78 is 0. The number of benzene rings is 1. The summed E-state index contributed by atoms with van der Waals surface area (Å²) in [5.41, 5.74) is 3.84. The van der Waals surface area contributed by atoms with Crippen LogP contribution in [0.2, 0.25) is 0 Å². The van der Waals surface area contributed by atoms with Gasteiger partial charge in [0.15, 0.2) is 0 Å². The first-order valence-corrected chi connectivity index (χ1v) is 5.53. The van der Waals surface area contributed by atoms with E-state index in [0.29, 0.717) is 10.8 Å². The molecule has 0 amide bonds. The van der Waals surface area contributed by atoms with E-state index >= 15 is 0 Å². The number of hydrogen-bond donors (Lipinski definition) is 0. The molecule has 17 heavy (non-hydrogen) atoms. The maximum Gasteiger partial charge on any atom is 2.00 e. The largest absolute Gasteiger partial charge is 2.00 e. The Hall–Kier alpha value is 0.946. The van der Waals surface area contributed by atoms with Crippen molar-refractivity contribution in [1.29, 1.82) is 0 Å². The van der Waals surface area contributed by atoms with Gasteiger partial charge in [-0.1, -0.05) is 52.0 Å². The molecule has 92 valence electrons. The molecule has 0 fully saturated rings. The molecule has 0 saturated carbocycles. The van der Waals surface area contributed by atoms with E-state index < -0.39 is 0 Å². The Kier molecular flexibility index (Phi) is 8.26. The van der Waals surface area contributed by atoms with Gasteiger partial charge in [0.2, 0.25) is 0 Å². The van der Waals surface area contributed by atoms with Gasteiger partial charge in [-0.25, -0.2) is 0 Å². The summed E-state index contributed by atoms with van der Waals surface area (Å²) in [6, 6.07) is 8.94. The van der Waals surface area contributed by atoms with Crippen molar-refractivity contribution in [3.8, 4) is 0 Å². The van der Waals surface area contributed by atoms with E-state index in [-0.39, 0.29) is 57.0 Å². The molecule has 3 heteroatoms. The quantitative estimate of drug-likeness (QED) is 0.448. The van der Waals surface area contributed by atoms with Crippen molar-refractivity contribution in [1.82, 2.24) is 0 Å². The zero-order valence-electron chi connectivity index (χ0n) is 11.2. The van der Waals surface area contributed by atoms with Gasteiger partial charge in [-0.2, -0.15) is 0 Å². The van der Waals surface area contributed by atoms with Crippen molar-refractivity contribution in [2.24, 2.45) is 0 Å². The first-order valence-electron chi connectivity index (χ1n) is 5.53. The van der Waals surface area contributed by atoms with Crippen LogP contribution in [0.15, 0.2) is 24.3 Å². The van der Waals surface area contributed by atoms with Crippen molar-refractivity contribution in [3.05, 3.63) is 35.4 Å². The normalized spacial score (nSPS) is 18.8. The zero-order valence-corrected chi connectivity index (χ0v) is 15.8. The molecule has 0 unspecified atom stereocenters. The molecule has 0 spiro atoms. The average molecular weight is 372 g/mol. The van der Waals surface area contributed by atoms with Crippen LogP contribution in [0.25, 0.3) is 0 Å². The number of halogens is 2. The summed E-state index contributed by atoms with van der Waals surface area (Å²) in [4.78, 5) is 0. The van der Waals surface area contributed by atoms with Crippen molar-refractivity contribution in [3.63, 3.8) is 0 Å². The predicted molar refractivity (Wildman–Crippen MR) is 67.5 cm³/mol. The zero-order chi connectivity index (χ0) is 10.4. The van der Waals surface area contributed by atoms with Crippen molar-refractivity contribution in [2.45, 2.75) is 51.4 Å². The Morgan fingerprint density at radius 3 is 1.35 bits per heavy atom. The van der Waals surface area contributed by atoms with E-state index in [1.165, 1.54) is 12.8 Å². The summed E-state index contributed by atoms with van der Waals surface area (Å²) in [6.07, 6.45) is 2.61. The van der Waals surface area contributed by atoms with Crippen LogP contribution in [0, 0.1) is 0 Å². The molecule has 0 radical (unpaired) electrons. The van der Waals surface area contributed by atoms with Gasteiger partial charge in [-0.15, -0.1) is 0 Å². The van der Waals surface area contributed by atoms with E-state index in [9.17, 15) is 0 Å². The van der Waals surface area contributed by atoms with Crippen LogP contribution < -0.4 is 34.0 Å². The Morgan fingerprint density at radius 1 is 0.765 bits per heavy atom. The monoisotopic (exact) mass is 370 g/mol. The van der Waals surface area contributed by atoms with E-state index in [2.05, 4.69) is 52.0 Å². The topological polar surface area (TPSA) is 0 Å². The molecule has 0 nitrogen and oxygen atoms in total. The Balaban J connectivity index is 0. The van der Waals surface area contributed by atoms with Gasteiger partial charge in [-0.05, 0) is 34.8 Å². The van der Waals surface area contributed by atoms with Crippen molar-refractivity contribution < 1.29 is 34.0 Å². The van der Waals surface area contributed by atoms with E-state index in [1.807, 2.05) is 0 Å². The SMILES string of the molecule is CC1(C)CCC(C)(C)c2ccccc21.[Br-].[Br-].[Mg+2]. The molecule has 0 N–H and O–H groups in total. The molecule has 0 heterocycles. The van der Waals surface area contributed by atoms with Crippen LogP contribution in [0.5, 0.6) is 0 Å². The average Bonchev–Trinajstić information content (AvgIpc) is 2.14. The third kappa shape index (κ3) is 3.95. The van der Waals surface area contributed by atoms with Gasteiger partial charge in [0.1, 0.15) is 0 Å². The first-order chi connectivity index (χ1) is 6.43. The van der Waals surface area contributed by atoms with Gasteiger partial charge >= 0.3 is 23.1 Å². The third-order valence-corrected chi connectivity index (χ3v) is 3.76. The van der Waals surface area contributed by atoms with E-state index in [1.54, 1.807) is 11.1 Å². The van der Waals surface area contributed by atoms with Crippen LogP contribution in [0.4, 0.5) is 0 Å². The standard InChI is InChI=1S/C14H20.2BrH.Mg/c1-13(2)9-10-14(3,4)12-8-6-5-7-11(12)13;;;/h5-8H,9-10H2,1-4H3;2*1H;/q;;;+2/p-2. The Bertz CT molecular complexity index is 324. The molecule has 1 aliphatic carbocycles. The molecular weight excluding hydrogens is 352 g/mol. The molecular formula is C14H20Br2Mg. The summed E-state index contributed by atoms with van der Waals surface area (Å²) in [7, 11) is 0. The minimum Gasteiger partial charge on any atom is -1.00 e. The number of rotatable bonds is 0. The molecule has 1 aliphatic rings. The fraction of sp³-hybridized carbons (Fsp3) is 0.571. The van der Waals surface area contributed by atoms with Crippen LogP contribution >= 0.6 is 0 Å². The fourth-order valence-corrected chi connectivity index (χ4v) is 2.56. The molecule has 0 aliphatic heterocycles. The van der Waals surface area contributed by atoms with Crippen LogP contribution in [0.3, 0.4) is 0 Å². The van der Waals surface area contributed by atoms with Crippen molar-refractivity contribution in [2.75, 3.05) is 0 Å². The summed E-state index contributed by atoms with van der Waals surface area (Å²) in [5, 5.41) is 0. The molecule has 1 aromatic rings. The maximum absolute atomic E-state index is 2.36. The van der Waals surface area contributed by atoms with Crippen LogP contribution in [0.1, 0.15) is 51.7 Å². The molecule has 0 bridgehead atoms. The summed E-state index contributed by atoms with van der Waals surface area (Å²) in [6.45, 7) is 9.45. The van der Waals surface area contributed by atoms with Gasteiger partial charge < -0.3 is 34.0 Å². The van der Waals surface area contributed by atoms with Crippen LogP contribution in [-0.2, 0) is 10.8 Å². The molecule has 0 saturated heterocycles. The molecule has 0 atom stereocenters. The van der Waals surface area contributed by atoms with Gasteiger partial charge in [0, 0.05) is 0 Å². The number of hydrogen-bond acceptors (Lipinski definition) is 0. The maximum atomic E-state index is 2.36. The van der Waals surface area contributed by atoms with Crippen molar-refractivity contribution >= 4 is 23.1 Å². The third-order valence-electron chi connectivity index (χ3n) is 3.76. The second-order valence-electron chi connectivity index (χ2n) is 5.81. The second-order valence-corrected chi connectivity index (χ2v) is 5.81. The summed E-state index contributed by atoms with van der Waals surface area (Å²) >= 11 is 0.